The minimum absolute atomic E-state index is 0.201. The fraction of sp³-hybridized carbons (Fsp3) is 0.250. The lowest BCUT2D eigenvalue weighted by atomic mass is 9.87. The van der Waals surface area contributed by atoms with Crippen molar-refractivity contribution in [3.8, 4) is 0 Å². The third-order valence-electron chi connectivity index (χ3n) is 3.22. The molecule has 1 nitrogen and oxygen atoms in total. The molecule has 0 bridgehead atoms. The van der Waals surface area contributed by atoms with Crippen molar-refractivity contribution < 1.29 is 0 Å². The Balaban J connectivity index is 2.04. The van der Waals surface area contributed by atoms with E-state index in [0.29, 0.717) is 0 Å². The molecule has 2 aromatic rings. The summed E-state index contributed by atoms with van der Waals surface area (Å²) in [7, 11) is 0. The first-order chi connectivity index (χ1) is 8.54. The van der Waals surface area contributed by atoms with E-state index in [9.17, 15) is 0 Å². The molecule has 0 saturated heterocycles. The highest BCUT2D eigenvalue weighted by Gasteiger charge is 2.19. The Morgan fingerprint density at radius 2 is 1.61 bits per heavy atom. The second-order valence-corrected chi connectivity index (χ2v) is 6.77. The molecular weight excluding hydrogens is 238 g/mol. The van der Waals surface area contributed by atoms with Crippen molar-refractivity contribution in [2.45, 2.75) is 36.0 Å². The number of para-hydroxylation sites is 1. The maximum atomic E-state index is 3.50. The normalized spacial score (nSPS) is 13.5. The van der Waals surface area contributed by atoms with E-state index in [0.717, 1.165) is 0 Å². The van der Waals surface area contributed by atoms with Gasteiger partial charge in [0.2, 0.25) is 0 Å². The highest BCUT2D eigenvalue weighted by Crippen LogP contribution is 2.45. The summed E-state index contributed by atoms with van der Waals surface area (Å²) < 4.78 is 0. The van der Waals surface area contributed by atoms with Gasteiger partial charge in [0, 0.05) is 9.79 Å². The molecule has 92 valence electrons. The van der Waals surface area contributed by atoms with Gasteiger partial charge in [-0.1, -0.05) is 50.7 Å². The smallest absolute Gasteiger partial charge is 0.0526 e. The van der Waals surface area contributed by atoms with Crippen LogP contribution in [0.1, 0.15) is 26.3 Å². The Kier molecular flexibility index (Phi) is 2.63. The van der Waals surface area contributed by atoms with Gasteiger partial charge in [0.25, 0.3) is 0 Å². The van der Waals surface area contributed by atoms with E-state index < -0.39 is 0 Å². The van der Waals surface area contributed by atoms with Crippen molar-refractivity contribution >= 4 is 23.1 Å². The molecule has 3 rings (SSSR count). The van der Waals surface area contributed by atoms with Crippen LogP contribution >= 0.6 is 11.8 Å². The quantitative estimate of drug-likeness (QED) is 0.593. The zero-order chi connectivity index (χ0) is 12.8. The Labute approximate surface area is 113 Å². The summed E-state index contributed by atoms with van der Waals surface area (Å²) in [6, 6.07) is 15.2. The minimum atomic E-state index is 0.201. The number of benzene rings is 2. The number of hydrogen-bond donors (Lipinski definition) is 1. The largest absolute Gasteiger partial charge is 0.354 e. The van der Waals surface area contributed by atoms with Crippen LogP contribution in [0.3, 0.4) is 0 Å². The van der Waals surface area contributed by atoms with Crippen molar-refractivity contribution in [3.05, 3.63) is 48.0 Å². The first-order valence-corrected chi connectivity index (χ1v) is 7.04. The molecule has 0 saturated carbocycles. The van der Waals surface area contributed by atoms with Gasteiger partial charge in [0.1, 0.15) is 0 Å². The molecular formula is C16H17NS. The molecule has 2 heteroatoms. The summed E-state index contributed by atoms with van der Waals surface area (Å²) in [6.45, 7) is 6.76. The molecule has 0 spiro atoms. The van der Waals surface area contributed by atoms with E-state index in [1.165, 1.54) is 26.7 Å². The molecule has 1 heterocycles. The standard InChI is InChI=1S/C16H17NS/c1-16(2,3)11-8-9-13-15(10-11)18-14-7-5-4-6-12(14)17-13/h4-10,17H,1-3H3. The van der Waals surface area contributed by atoms with Crippen molar-refractivity contribution in [1.29, 1.82) is 0 Å². The SMILES string of the molecule is CC(C)(C)c1ccc2c(c1)Sc1ccccc1N2. The van der Waals surface area contributed by atoms with E-state index in [-0.39, 0.29) is 5.41 Å². The van der Waals surface area contributed by atoms with Crippen LogP contribution < -0.4 is 5.32 Å². The molecule has 2 aromatic carbocycles. The zero-order valence-corrected chi connectivity index (χ0v) is 11.8. The number of anilines is 2. The van der Waals surface area contributed by atoms with E-state index in [4.69, 9.17) is 0 Å². The third-order valence-corrected chi connectivity index (χ3v) is 4.36. The van der Waals surface area contributed by atoms with Crippen LogP contribution in [0.15, 0.2) is 52.3 Å². The van der Waals surface area contributed by atoms with Crippen molar-refractivity contribution in [2.75, 3.05) is 5.32 Å². The first kappa shape index (κ1) is 11.7. The summed E-state index contributed by atoms with van der Waals surface area (Å²) >= 11 is 1.85. The van der Waals surface area contributed by atoms with Gasteiger partial charge >= 0.3 is 0 Å². The Bertz CT molecular complexity index is 596. The van der Waals surface area contributed by atoms with Crippen LogP contribution in [-0.4, -0.2) is 0 Å². The summed E-state index contributed by atoms with van der Waals surface area (Å²) in [5.41, 5.74) is 4.01. The molecule has 0 fully saturated rings. The van der Waals surface area contributed by atoms with Crippen LogP contribution in [0.25, 0.3) is 0 Å². The summed E-state index contributed by atoms with van der Waals surface area (Å²) in [5.74, 6) is 0. The lowest BCUT2D eigenvalue weighted by molar-refractivity contribution is 0.589. The lowest BCUT2D eigenvalue weighted by Crippen LogP contribution is -2.11. The van der Waals surface area contributed by atoms with Gasteiger partial charge in [-0.25, -0.2) is 0 Å². The molecule has 18 heavy (non-hydrogen) atoms. The molecule has 0 amide bonds. The highest BCUT2D eigenvalue weighted by molar-refractivity contribution is 7.99. The molecule has 1 aliphatic rings. The summed E-state index contributed by atoms with van der Waals surface area (Å²) in [4.78, 5) is 2.62. The van der Waals surface area contributed by atoms with Crippen LogP contribution in [0.4, 0.5) is 11.4 Å². The highest BCUT2D eigenvalue weighted by atomic mass is 32.2. The van der Waals surface area contributed by atoms with Gasteiger partial charge in [0.05, 0.1) is 11.4 Å². The maximum absolute atomic E-state index is 3.50. The maximum Gasteiger partial charge on any atom is 0.0526 e. The molecule has 0 atom stereocenters. The summed E-state index contributed by atoms with van der Waals surface area (Å²) in [6.07, 6.45) is 0. The Morgan fingerprint density at radius 3 is 2.39 bits per heavy atom. The topological polar surface area (TPSA) is 12.0 Å². The van der Waals surface area contributed by atoms with Gasteiger partial charge in [-0.3, -0.25) is 0 Å². The third kappa shape index (κ3) is 2.01. The zero-order valence-electron chi connectivity index (χ0n) is 10.9. The fourth-order valence-electron chi connectivity index (χ4n) is 2.10. The minimum Gasteiger partial charge on any atom is -0.354 e. The molecule has 0 unspecified atom stereocenters. The van der Waals surface area contributed by atoms with Crippen LogP contribution in [-0.2, 0) is 5.41 Å². The Hall–Kier alpha value is -1.41. The van der Waals surface area contributed by atoms with E-state index in [2.05, 4.69) is 68.6 Å². The number of nitrogens with one attached hydrogen (secondary N) is 1. The lowest BCUT2D eigenvalue weighted by Gasteiger charge is -2.25. The van der Waals surface area contributed by atoms with E-state index in [1.807, 2.05) is 11.8 Å². The van der Waals surface area contributed by atoms with Crippen LogP contribution in [0, 0.1) is 0 Å². The Morgan fingerprint density at radius 1 is 0.889 bits per heavy atom. The average molecular weight is 255 g/mol. The van der Waals surface area contributed by atoms with Gasteiger partial charge in [-0.2, -0.15) is 0 Å². The van der Waals surface area contributed by atoms with Gasteiger partial charge in [-0.15, -0.1) is 0 Å². The van der Waals surface area contributed by atoms with Crippen molar-refractivity contribution in [3.63, 3.8) is 0 Å². The van der Waals surface area contributed by atoms with E-state index in [1.54, 1.807) is 0 Å². The molecule has 0 aromatic heterocycles. The van der Waals surface area contributed by atoms with E-state index >= 15 is 0 Å². The second kappa shape index (κ2) is 4.06. The number of hydrogen-bond acceptors (Lipinski definition) is 2. The van der Waals surface area contributed by atoms with Gasteiger partial charge < -0.3 is 5.32 Å². The van der Waals surface area contributed by atoms with Crippen LogP contribution in [0.5, 0.6) is 0 Å². The summed E-state index contributed by atoms with van der Waals surface area (Å²) in [5, 5.41) is 3.50. The monoisotopic (exact) mass is 255 g/mol. The van der Waals surface area contributed by atoms with Crippen molar-refractivity contribution in [2.24, 2.45) is 0 Å². The number of fused-ring (bicyclic) bond motifs is 2. The van der Waals surface area contributed by atoms with Crippen molar-refractivity contribution in [1.82, 2.24) is 0 Å². The predicted octanol–water partition coefficient (Wildman–Crippen LogP) is 5.19. The second-order valence-electron chi connectivity index (χ2n) is 5.68. The van der Waals surface area contributed by atoms with Gasteiger partial charge in [-0.05, 0) is 35.2 Å². The average Bonchev–Trinajstić information content (AvgIpc) is 2.34. The first-order valence-electron chi connectivity index (χ1n) is 6.22. The van der Waals surface area contributed by atoms with Gasteiger partial charge in [0.15, 0.2) is 0 Å². The molecule has 0 radical (unpaired) electrons. The molecule has 0 aliphatic carbocycles. The molecule has 1 aliphatic heterocycles. The molecule has 1 N–H and O–H groups in total. The van der Waals surface area contributed by atoms with Crippen LogP contribution in [0.2, 0.25) is 0 Å². The predicted molar refractivity (Wildman–Crippen MR) is 79.0 cm³/mol. The number of rotatable bonds is 0. The fourth-order valence-corrected chi connectivity index (χ4v) is 3.13.